The molecule has 4 rings (SSSR count). The van der Waals surface area contributed by atoms with Crippen LogP contribution in [-0.4, -0.2) is 45.7 Å². The second kappa shape index (κ2) is 7.71. The Bertz CT molecular complexity index is 1020. The van der Waals surface area contributed by atoms with Gasteiger partial charge in [0.2, 0.25) is 0 Å². The van der Waals surface area contributed by atoms with Gasteiger partial charge in [0, 0.05) is 25.4 Å². The Morgan fingerprint density at radius 3 is 2.10 bits per heavy atom. The zero-order chi connectivity index (χ0) is 20.4. The molecule has 0 saturated carbocycles. The first-order valence-corrected chi connectivity index (χ1v) is 9.15. The summed E-state index contributed by atoms with van der Waals surface area (Å²) in [4.78, 5) is 32.6. The Balaban J connectivity index is 1.42. The molecule has 0 radical (unpaired) electrons. The second-order valence-electron chi connectivity index (χ2n) is 6.85. The molecule has 7 nitrogen and oxygen atoms in total. The number of aromatic carboxylic acids is 1. The number of nitrogens with zero attached hydrogens (tertiary/aromatic N) is 3. The van der Waals surface area contributed by atoms with Gasteiger partial charge in [-0.15, -0.1) is 0 Å². The third kappa shape index (κ3) is 3.67. The molecule has 2 aromatic carbocycles. The smallest absolute Gasteiger partial charge is 0.409 e. The van der Waals surface area contributed by atoms with Gasteiger partial charge in [-0.3, -0.25) is 0 Å². The molecule has 29 heavy (non-hydrogen) atoms. The molecule has 0 atom stereocenters. The van der Waals surface area contributed by atoms with Crippen LogP contribution in [0.1, 0.15) is 33.2 Å². The van der Waals surface area contributed by atoms with Gasteiger partial charge in [-0.05, 0) is 22.3 Å². The number of fused-ring (bicyclic) bond motifs is 3. The van der Waals surface area contributed by atoms with Crippen molar-refractivity contribution in [3.63, 3.8) is 0 Å². The Hall–Kier alpha value is -3.74. The van der Waals surface area contributed by atoms with Crippen LogP contribution in [0.2, 0.25) is 0 Å². The van der Waals surface area contributed by atoms with E-state index in [-0.39, 0.29) is 24.6 Å². The van der Waals surface area contributed by atoms with Gasteiger partial charge in [-0.25, -0.2) is 19.6 Å². The van der Waals surface area contributed by atoms with E-state index in [4.69, 9.17) is 9.84 Å². The molecule has 0 aliphatic heterocycles. The summed E-state index contributed by atoms with van der Waals surface area (Å²) < 4.78 is 5.57. The van der Waals surface area contributed by atoms with E-state index >= 15 is 0 Å². The van der Waals surface area contributed by atoms with Gasteiger partial charge in [0.25, 0.3) is 0 Å². The highest BCUT2D eigenvalue weighted by Crippen LogP contribution is 2.44. The minimum Gasteiger partial charge on any atom is -0.478 e. The average molecular weight is 389 g/mol. The van der Waals surface area contributed by atoms with Crippen LogP contribution in [-0.2, 0) is 11.3 Å². The Kier molecular flexibility index (Phi) is 4.95. The maximum absolute atomic E-state index is 12.5. The third-order valence-electron chi connectivity index (χ3n) is 4.98. The first-order chi connectivity index (χ1) is 14.0. The SMILES string of the molecule is CN(Cc1ncc(C(=O)O)cn1)C(=O)OCC1c2ccccc2-c2ccccc21. The molecule has 3 aromatic rings. The van der Waals surface area contributed by atoms with E-state index in [1.165, 1.54) is 28.4 Å². The molecule has 7 heteroatoms. The van der Waals surface area contributed by atoms with E-state index in [0.717, 1.165) is 11.1 Å². The van der Waals surface area contributed by atoms with Crippen LogP contribution >= 0.6 is 0 Å². The Labute approximate surface area is 167 Å². The van der Waals surface area contributed by atoms with Gasteiger partial charge < -0.3 is 14.7 Å². The highest BCUT2D eigenvalue weighted by Gasteiger charge is 2.29. The zero-order valence-electron chi connectivity index (χ0n) is 15.8. The molecular formula is C22H19N3O4. The summed E-state index contributed by atoms with van der Waals surface area (Å²) in [6.45, 7) is 0.354. The summed E-state index contributed by atoms with van der Waals surface area (Å²) in [5, 5.41) is 8.89. The monoisotopic (exact) mass is 389 g/mol. The van der Waals surface area contributed by atoms with Gasteiger partial charge in [0.15, 0.2) is 0 Å². The molecule has 1 aromatic heterocycles. The lowest BCUT2D eigenvalue weighted by molar-refractivity contribution is 0.0695. The normalized spacial score (nSPS) is 12.2. The van der Waals surface area contributed by atoms with Crippen molar-refractivity contribution >= 4 is 12.1 Å². The van der Waals surface area contributed by atoms with Gasteiger partial charge in [0.1, 0.15) is 12.4 Å². The van der Waals surface area contributed by atoms with Crippen molar-refractivity contribution in [3.8, 4) is 11.1 Å². The number of carboxylic acid groups (broad SMARTS) is 1. The summed E-state index contributed by atoms with van der Waals surface area (Å²) in [7, 11) is 1.59. The van der Waals surface area contributed by atoms with Crippen LogP contribution < -0.4 is 0 Å². The van der Waals surface area contributed by atoms with Crippen molar-refractivity contribution in [2.45, 2.75) is 12.5 Å². The number of hydrogen-bond donors (Lipinski definition) is 1. The number of carbonyl (C=O) groups is 2. The van der Waals surface area contributed by atoms with Crippen molar-refractivity contribution in [3.05, 3.63) is 83.4 Å². The van der Waals surface area contributed by atoms with E-state index < -0.39 is 12.1 Å². The largest absolute Gasteiger partial charge is 0.478 e. The highest BCUT2D eigenvalue weighted by atomic mass is 16.6. The summed E-state index contributed by atoms with van der Waals surface area (Å²) in [6, 6.07) is 16.3. The minimum absolute atomic E-state index is 0.00227. The standard InChI is InChI=1S/C22H19N3O4/c1-25(12-20-23-10-14(11-24-20)21(26)27)22(28)29-13-19-17-8-4-2-6-15(17)16-7-3-5-9-18(16)19/h2-11,19H,12-13H2,1H3,(H,26,27). The number of ether oxygens (including phenoxy) is 1. The summed E-state index contributed by atoms with van der Waals surface area (Å²) in [5.74, 6) is -0.765. The molecule has 1 aliphatic rings. The maximum atomic E-state index is 12.5. The molecular weight excluding hydrogens is 370 g/mol. The van der Waals surface area contributed by atoms with E-state index in [0.29, 0.717) is 5.82 Å². The van der Waals surface area contributed by atoms with Gasteiger partial charge in [-0.1, -0.05) is 48.5 Å². The van der Waals surface area contributed by atoms with E-state index in [1.807, 2.05) is 24.3 Å². The molecule has 0 saturated heterocycles. The fourth-order valence-electron chi connectivity index (χ4n) is 3.53. The fourth-order valence-corrected chi connectivity index (χ4v) is 3.53. The van der Waals surface area contributed by atoms with Crippen LogP contribution in [0.25, 0.3) is 11.1 Å². The number of carbonyl (C=O) groups excluding carboxylic acids is 1. The minimum atomic E-state index is -1.10. The molecule has 0 unspecified atom stereocenters. The summed E-state index contributed by atoms with van der Waals surface area (Å²) in [6.07, 6.45) is 1.95. The van der Waals surface area contributed by atoms with Crippen LogP contribution in [0.3, 0.4) is 0 Å². The molecule has 0 bridgehead atoms. The van der Waals surface area contributed by atoms with Gasteiger partial charge >= 0.3 is 12.1 Å². The van der Waals surface area contributed by atoms with E-state index in [2.05, 4.69) is 34.2 Å². The lowest BCUT2D eigenvalue weighted by atomic mass is 9.98. The Morgan fingerprint density at radius 1 is 1.00 bits per heavy atom. The fraction of sp³-hybridized carbons (Fsp3) is 0.182. The molecule has 0 spiro atoms. The molecule has 1 heterocycles. The van der Waals surface area contributed by atoms with Crippen LogP contribution in [0.15, 0.2) is 60.9 Å². The summed E-state index contributed by atoms with van der Waals surface area (Å²) in [5.41, 5.74) is 4.64. The van der Waals surface area contributed by atoms with Gasteiger partial charge in [-0.2, -0.15) is 0 Å². The van der Waals surface area contributed by atoms with Crippen LogP contribution in [0.4, 0.5) is 4.79 Å². The topological polar surface area (TPSA) is 92.6 Å². The molecule has 1 aliphatic carbocycles. The van der Waals surface area contributed by atoms with Crippen molar-refractivity contribution in [1.29, 1.82) is 0 Å². The number of carboxylic acids is 1. The maximum Gasteiger partial charge on any atom is 0.409 e. The number of aromatic nitrogens is 2. The second-order valence-corrected chi connectivity index (χ2v) is 6.85. The average Bonchev–Trinajstić information content (AvgIpc) is 3.06. The highest BCUT2D eigenvalue weighted by molar-refractivity contribution is 5.86. The van der Waals surface area contributed by atoms with E-state index in [9.17, 15) is 9.59 Å². The summed E-state index contributed by atoms with van der Waals surface area (Å²) >= 11 is 0. The quantitative estimate of drug-likeness (QED) is 0.717. The first kappa shape index (κ1) is 18.6. The lowest BCUT2D eigenvalue weighted by Gasteiger charge is -2.19. The van der Waals surface area contributed by atoms with Crippen molar-refractivity contribution in [1.82, 2.24) is 14.9 Å². The Morgan fingerprint density at radius 2 is 1.55 bits per heavy atom. The molecule has 0 fully saturated rings. The van der Waals surface area contributed by atoms with Crippen LogP contribution in [0, 0.1) is 0 Å². The van der Waals surface area contributed by atoms with E-state index in [1.54, 1.807) is 7.05 Å². The number of benzene rings is 2. The number of rotatable bonds is 5. The zero-order valence-corrected chi connectivity index (χ0v) is 15.8. The predicted molar refractivity (Wildman–Crippen MR) is 106 cm³/mol. The molecule has 146 valence electrons. The van der Waals surface area contributed by atoms with Crippen molar-refractivity contribution in [2.24, 2.45) is 0 Å². The predicted octanol–water partition coefficient (Wildman–Crippen LogP) is 3.56. The van der Waals surface area contributed by atoms with Gasteiger partial charge in [0.05, 0.1) is 12.1 Å². The molecule has 1 amide bonds. The molecule has 1 N–H and O–H groups in total. The lowest BCUT2D eigenvalue weighted by Crippen LogP contribution is -2.29. The third-order valence-corrected chi connectivity index (χ3v) is 4.98. The number of hydrogen-bond acceptors (Lipinski definition) is 5. The van der Waals surface area contributed by atoms with Crippen LogP contribution in [0.5, 0.6) is 0 Å². The first-order valence-electron chi connectivity index (χ1n) is 9.15. The van der Waals surface area contributed by atoms with Crippen molar-refractivity contribution in [2.75, 3.05) is 13.7 Å². The van der Waals surface area contributed by atoms with Crippen molar-refractivity contribution < 1.29 is 19.4 Å². The number of amides is 1.